The maximum atomic E-state index is 12.4. The SMILES string of the molecule is CC(C)(N)[C@H](NC(=O)c1ccc(C#CC#CC2CCNCC2)cc1)C(=O)NO. The molecule has 1 atom stereocenters. The fourth-order valence-corrected chi connectivity index (χ4v) is 2.78. The Morgan fingerprint density at radius 1 is 1.21 bits per heavy atom. The molecule has 7 nitrogen and oxygen atoms in total. The third-order valence-electron chi connectivity index (χ3n) is 4.42. The Morgan fingerprint density at radius 3 is 2.43 bits per heavy atom. The van der Waals surface area contributed by atoms with Gasteiger partial charge < -0.3 is 16.4 Å². The quantitative estimate of drug-likeness (QED) is 0.293. The molecule has 0 aromatic heterocycles. The van der Waals surface area contributed by atoms with E-state index in [1.807, 2.05) is 0 Å². The molecule has 0 unspecified atom stereocenters. The summed E-state index contributed by atoms with van der Waals surface area (Å²) in [7, 11) is 0. The topological polar surface area (TPSA) is 116 Å². The number of hydroxylamine groups is 1. The molecule has 28 heavy (non-hydrogen) atoms. The van der Waals surface area contributed by atoms with Gasteiger partial charge in [-0.1, -0.05) is 11.8 Å². The Bertz CT molecular complexity index is 814. The van der Waals surface area contributed by atoms with Gasteiger partial charge >= 0.3 is 0 Å². The maximum absolute atomic E-state index is 12.4. The van der Waals surface area contributed by atoms with E-state index in [0.717, 1.165) is 31.5 Å². The van der Waals surface area contributed by atoms with E-state index in [9.17, 15) is 9.59 Å². The van der Waals surface area contributed by atoms with E-state index < -0.39 is 23.4 Å². The first-order valence-electron chi connectivity index (χ1n) is 9.17. The zero-order chi connectivity index (χ0) is 20.6. The third kappa shape index (κ3) is 6.40. The summed E-state index contributed by atoms with van der Waals surface area (Å²) in [5, 5.41) is 14.7. The van der Waals surface area contributed by atoms with Crippen molar-refractivity contribution in [3.63, 3.8) is 0 Å². The van der Waals surface area contributed by atoms with Gasteiger partial charge in [0.25, 0.3) is 11.8 Å². The summed E-state index contributed by atoms with van der Waals surface area (Å²) in [6.07, 6.45) is 2.10. The van der Waals surface area contributed by atoms with Crippen molar-refractivity contribution < 1.29 is 14.8 Å². The predicted molar refractivity (Wildman–Crippen MR) is 106 cm³/mol. The molecule has 0 spiro atoms. The van der Waals surface area contributed by atoms with E-state index in [4.69, 9.17) is 10.9 Å². The van der Waals surface area contributed by atoms with Crippen LogP contribution in [-0.4, -0.2) is 41.7 Å². The van der Waals surface area contributed by atoms with Crippen molar-refractivity contribution in [2.75, 3.05) is 13.1 Å². The number of carbonyl (C=O) groups is 2. The van der Waals surface area contributed by atoms with Crippen LogP contribution in [0.15, 0.2) is 24.3 Å². The van der Waals surface area contributed by atoms with Gasteiger partial charge in [0.05, 0.1) is 0 Å². The first kappa shape index (κ1) is 21.5. The molecule has 1 heterocycles. The number of hydrogen-bond acceptors (Lipinski definition) is 5. The largest absolute Gasteiger partial charge is 0.338 e. The van der Waals surface area contributed by atoms with E-state index in [1.54, 1.807) is 38.1 Å². The van der Waals surface area contributed by atoms with E-state index in [2.05, 4.69) is 34.3 Å². The molecule has 0 bridgehead atoms. The van der Waals surface area contributed by atoms with Gasteiger partial charge in [0.1, 0.15) is 6.04 Å². The summed E-state index contributed by atoms with van der Waals surface area (Å²) in [6, 6.07) is 5.55. The molecule has 0 radical (unpaired) electrons. The number of nitrogens with one attached hydrogen (secondary N) is 3. The van der Waals surface area contributed by atoms with Gasteiger partial charge in [0, 0.05) is 22.6 Å². The third-order valence-corrected chi connectivity index (χ3v) is 4.42. The van der Waals surface area contributed by atoms with Crippen LogP contribution in [0.4, 0.5) is 0 Å². The van der Waals surface area contributed by atoms with Crippen molar-refractivity contribution in [1.82, 2.24) is 16.1 Å². The average Bonchev–Trinajstić information content (AvgIpc) is 2.69. The van der Waals surface area contributed by atoms with Crippen molar-refractivity contribution in [1.29, 1.82) is 0 Å². The predicted octanol–water partition coefficient (Wildman–Crippen LogP) is 0.382. The summed E-state index contributed by atoms with van der Waals surface area (Å²) in [5.41, 5.74) is 7.46. The lowest BCUT2D eigenvalue weighted by Gasteiger charge is -2.29. The number of benzene rings is 1. The van der Waals surface area contributed by atoms with E-state index in [0.29, 0.717) is 11.5 Å². The molecule has 1 fully saturated rings. The second-order valence-corrected chi connectivity index (χ2v) is 7.32. The molecule has 6 N–H and O–H groups in total. The molecule has 2 amide bonds. The molecule has 2 rings (SSSR count). The molecule has 0 saturated carbocycles. The molecule has 1 aromatic rings. The summed E-state index contributed by atoms with van der Waals surface area (Å²) in [4.78, 5) is 24.1. The maximum Gasteiger partial charge on any atom is 0.267 e. The van der Waals surface area contributed by atoms with Crippen molar-refractivity contribution in [3.8, 4) is 23.7 Å². The van der Waals surface area contributed by atoms with Gasteiger partial charge in [-0.15, -0.1) is 0 Å². The van der Waals surface area contributed by atoms with E-state index >= 15 is 0 Å². The Hall–Kier alpha value is -2.84. The molecular weight excluding hydrogens is 356 g/mol. The minimum Gasteiger partial charge on any atom is -0.338 e. The van der Waals surface area contributed by atoms with Gasteiger partial charge in [0.15, 0.2) is 0 Å². The molecule has 7 heteroatoms. The Balaban J connectivity index is 2.00. The van der Waals surface area contributed by atoms with Gasteiger partial charge in [-0.25, -0.2) is 5.48 Å². The summed E-state index contributed by atoms with van der Waals surface area (Å²) < 4.78 is 0. The van der Waals surface area contributed by atoms with E-state index in [1.165, 1.54) is 5.48 Å². The van der Waals surface area contributed by atoms with Crippen LogP contribution in [0.5, 0.6) is 0 Å². The first-order chi connectivity index (χ1) is 13.3. The minimum atomic E-state index is -1.09. The van der Waals surface area contributed by atoms with Crippen molar-refractivity contribution in [2.24, 2.45) is 11.7 Å². The molecule has 1 aliphatic rings. The van der Waals surface area contributed by atoms with Crippen LogP contribution in [0.25, 0.3) is 0 Å². The van der Waals surface area contributed by atoms with Gasteiger partial charge in [-0.3, -0.25) is 14.8 Å². The molecule has 148 valence electrons. The lowest BCUT2D eigenvalue weighted by atomic mass is 9.95. The lowest BCUT2D eigenvalue weighted by Crippen LogP contribution is -2.61. The normalized spacial score (nSPS) is 15.3. The molecular formula is C21H26N4O3. The summed E-state index contributed by atoms with van der Waals surface area (Å²) in [6.45, 7) is 5.16. The van der Waals surface area contributed by atoms with Crippen LogP contribution in [0.2, 0.25) is 0 Å². The van der Waals surface area contributed by atoms with Gasteiger partial charge in [0.2, 0.25) is 0 Å². The number of carbonyl (C=O) groups excluding carboxylic acids is 2. The van der Waals surface area contributed by atoms with Gasteiger partial charge in [-0.05, 0) is 75.9 Å². The zero-order valence-corrected chi connectivity index (χ0v) is 16.1. The molecule has 1 aromatic carbocycles. The summed E-state index contributed by atoms with van der Waals surface area (Å²) >= 11 is 0. The van der Waals surface area contributed by atoms with E-state index in [-0.39, 0.29) is 0 Å². The standard InChI is InChI=1S/C21H26N4O3/c1-21(2,22)18(20(27)25-28)24-19(26)17-9-7-15(8-10-17)5-3-4-6-16-11-13-23-14-12-16/h7-10,16,18,23,28H,11-14,22H2,1-2H3,(H,24,26)(H,25,27)/t18-/m1/s1. The zero-order valence-electron chi connectivity index (χ0n) is 16.1. The second-order valence-electron chi connectivity index (χ2n) is 7.32. The molecule has 0 aliphatic carbocycles. The summed E-state index contributed by atoms with van der Waals surface area (Å²) in [5.74, 6) is 11.0. The number of nitrogens with two attached hydrogens (primary N) is 1. The van der Waals surface area contributed by atoms with Gasteiger partial charge in [-0.2, -0.15) is 0 Å². The number of amides is 2. The second kappa shape index (κ2) is 9.91. The highest BCUT2D eigenvalue weighted by Crippen LogP contribution is 2.10. The number of piperidine rings is 1. The fraction of sp³-hybridized carbons (Fsp3) is 0.429. The van der Waals surface area contributed by atoms with Crippen LogP contribution in [-0.2, 0) is 4.79 Å². The van der Waals surface area contributed by atoms with Crippen molar-refractivity contribution >= 4 is 11.8 Å². The van der Waals surface area contributed by atoms with Crippen LogP contribution >= 0.6 is 0 Å². The van der Waals surface area contributed by atoms with Crippen molar-refractivity contribution in [3.05, 3.63) is 35.4 Å². The van der Waals surface area contributed by atoms with Crippen LogP contribution in [0.3, 0.4) is 0 Å². The van der Waals surface area contributed by atoms with Crippen LogP contribution in [0.1, 0.15) is 42.6 Å². The smallest absolute Gasteiger partial charge is 0.267 e. The highest BCUT2D eigenvalue weighted by molar-refractivity contribution is 5.97. The number of hydrogen-bond donors (Lipinski definition) is 5. The monoisotopic (exact) mass is 382 g/mol. The average molecular weight is 382 g/mol. The Labute approximate surface area is 165 Å². The Morgan fingerprint density at radius 2 is 1.86 bits per heavy atom. The first-order valence-corrected chi connectivity index (χ1v) is 9.17. The Kier molecular flexibility index (Phi) is 7.60. The lowest BCUT2D eigenvalue weighted by molar-refractivity contribution is -0.132. The molecule has 1 saturated heterocycles. The fourth-order valence-electron chi connectivity index (χ4n) is 2.78. The minimum absolute atomic E-state index is 0.353. The molecule has 1 aliphatic heterocycles. The highest BCUT2D eigenvalue weighted by Gasteiger charge is 2.33. The number of rotatable bonds is 4. The highest BCUT2D eigenvalue weighted by atomic mass is 16.5. The van der Waals surface area contributed by atoms with Crippen LogP contribution < -0.4 is 21.8 Å². The van der Waals surface area contributed by atoms with Crippen LogP contribution in [0, 0.1) is 29.6 Å². The van der Waals surface area contributed by atoms with Crippen molar-refractivity contribution in [2.45, 2.75) is 38.3 Å².